The molecule has 1 aromatic carbocycles. The maximum Gasteiger partial charge on any atom is 0.0807 e. The van der Waals surface area contributed by atoms with Crippen LogP contribution in [-0.4, -0.2) is 18.2 Å². The predicted octanol–water partition coefficient (Wildman–Crippen LogP) is 0.892. The van der Waals surface area contributed by atoms with E-state index in [2.05, 4.69) is 24.3 Å². The molecule has 0 unspecified atom stereocenters. The third kappa shape index (κ3) is 1.88. The lowest BCUT2D eigenvalue weighted by molar-refractivity contribution is -0.162. The lowest BCUT2D eigenvalue weighted by Gasteiger charge is -2.13. The summed E-state index contributed by atoms with van der Waals surface area (Å²) in [6.45, 7) is 2.95. The van der Waals surface area contributed by atoms with Gasteiger partial charge in [0.25, 0.3) is 0 Å². The van der Waals surface area contributed by atoms with Gasteiger partial charge in [-0.3, -0.25) is 4.84 Å². The smallest absolute Gasteiger partial charge is 0.0807 e. The lowest BCUT2D eigenvalue weighted by atomic mass is 10.1. The molecule has 0 saturated carbocycles. The second-order valence-corrected chi connectivity index (χ2v) is 3.19. The van der Waals surface area contributed by atoms with Crippen LogP contribution in [0.3, 0.4) is 0 Å². The SMILES string of the molecule is NCCON1Cc2ccccc2C1. The third-order valence-corrected chi connectivity index (χ3v) is 2.20. The van der Waals surface area contributed by atoms with Crippen molar-refractivity contribution in [3.05, 3.63) is 35.4 Å². The average Bonchev–Trinajstić information content (AvgIpc) is 2.57. The first-order valence-electron chi connectivity index (χ1n) is 4.55. The summed E-state index contributed by atoms with van der Waals surface area (Å²) in [5.74, 6) is 0. The van der Waals surface area contributed by atoms with Crippen LogP contribution in [0, 0.1) is 0 Å². The van der Waals surface area contributed by atoms with E-state index in [1.165, 1.54) is 11.1 Å². The topological polar surface area (TPSA) is 38.5 Å². The first-order valence-corrected chi connectivity index (χ1v) is 4.55. The number of nitrogens with zero attached hydrogens (tertiary/aromatic N) is 1. The molecular weight excluding hydrogens is 164 g/mol. The molecule has 0 bridgehead atoms. The Balaban J connectivity index is 1.97. The molecule has 1 heterocycles. The van der Waals surface area contributed by atoms with Gasteiger partial charge in [-0.2, -0.15) is 5.06 Å². The fraction of sp³-hybridized carbons (Fsp3) is 0.400. The van der Waals surface area contributed by atoms with Crippen LogP contribution in [0.4, 0.5) is 0 Å². The minimum atomic E-state index is 0.576. The highest BCUT2D eigenvalue weighted by atomic mass is 16.7. The molecule has 0 spiro atoms. The van der Waals surface area contributed by atoms with Gasteiger partial charge in [-0.25, -0.2) is 0 Å². The van der Waals surface area contributed by atoms with Gasteiger partial charge in [0.05, 0.1) is 6.61 Å². The molecule has 3 nitrogen and oxygen atoms in total. The van der Waals surface area contributed by atoms with Crippen LogP contribution in [0.2, 0.25) is 0 Å². The van der Waals surface area contributed by atoms with E-state index in [9.17, 15) is 0 Å². The average molecular weight is 178 g/mol. The van der Waals surface area contributed by atoms with Crippen LogP contribution >= 0.6 is 0 Å². The molecule has 3 heteroatoms. The quantitative estimate of drug-likeness (QED) is 0.747. The van der Waals surface area contributed by atoms with Crippen molar-refractivity contribution in [3.8, 4) is 0 Å². The van der Waals surface area contributed by atoms with E-state index < -0.39 is 0 Å². The predicted molar refractivity (Wildman–Crippen MR) is 50.7 cm³/mol. The van der Waals surface area contributed by atoms with E-state index in [0.29, 0.717) is 13.2 Å². The minimum absolute atomic E-state index is 0.576. The van der Waals surface area contributed by atoms with E-state index in [1.807, 2.05) is 5.06 Å². The Morgan fingerprint density at radius 2 is 1.85 bits per heavy atom. The molecule has 1 aliphatic rings. The Morgan fingerprint density at radius 1 is 1.23 bits per heavy atom. The standard InChI is InChI=1S/C10H14N2O/c11-5-6-13-12-7-9-3-1-2-4-10(9)8-12/h1-4H,5-8,11H2. The normalized spacial score (nSPS) is 16.1. The van der Waals surface area contributed by atoms with Crippen LogP contribution in [0.25, 0.3) is 0 Å². The second-order valence-electron chi connectivity index (χ2n) is 3.19. The van der Waals surface area contributed by atoms with E-state index >= 15 is 0 Å². The lowest BCUT2D eigenvalue weighted by Crippen LogP contribution is -2.21. The first kappa shape index (κ1) is 8.69. The fourth-order valence-electron chi connectivity index (χ4n) is 1.57. The van der Waals surface area contributed by atoms with Gasteiger partial charge in [0.1, 0.15) is 0 Å². The number of hydrogen-bond acceptors (Lipinski definition) is 3. The molecule has 1 aromatic rings. The highest BCUT2D eigenvalue weighted by Crippen LogP contribution is 2.21. The molecule has 0 radical (unpaired) electrons. The van der Waals surface area contributed by atoms with Crippen molar-refractivity contribution >= 4 is 0 Å². The molecule has 0 saturated heterocycles. The van der Waals surface area contributed by atoms with Crippen molar-refractivity contribution in [2.75, 3.05) is 13.2 Å². The number of rotatable bonds is 3. The zero-order valence-corrected chi connectivity index (χ0v) is 7.57. The molecule has 0 aromatic heterocycles. The molecule has 0 fully saturated rings. The summed E-state index contributed by atoms with van der Waals surface area (Å²) in [5, 5.41) is 1.96. The van der Waals surface area contributed by atoms with Gasteiger partial charge in [-0.1, -0.05) is 24.3 Å². The summed E-state index contributed by atoms with van der Waals surface area (Å²) in [5.41, 5.74) is 8.08. The van der Waals surface area contributed by atoms with Crippen LogP contribution in [0.15, 0.2) is 24.3 Å². The van der Waals surface area contributed by atoms with Crippen LogP contribution in [0.5, 0.6) is 0 Å². The van der Waals surface area contributed by atoms with Crippen molar-refractivity contribution < 1.29 is 4.84 Å². The zero-order valence-electron chi connectivity index (χ0n) is 7.57. The monoisotopic (exact) mass is 178 g/mol. The first-order chi connectivity index (χ1) is 6.40. The van der Waals surface area contributed by atoms with Crippen LogP contribution < -0.4 is 5.73 Å². The van der Waals surface area contributed by atoms with Gasteiger partial charge < -0.3 is 5.73 Å². The maximum absolute atomic E-state index is 5.44. The number of hydrogen-bond donors (Lipinski definition) is 1. The van der Waals surface area contributed by atoms with Crippen LogP contribution in [-0.2, 0) is 17.9 Å². The van der Waals surface area contributed by atoms with Gasteiger partial charge in [-0.05, 0) is 11.1 Å². The summed E-state index contributed by atoms with van der Waals surface area (Å²) in [6.07, 6.45) is 0. The number of benzene rings is 1. The van der Waals surface area contributed by atoms with Crippen LogP contribution in [0.1, 0.15) is 11.1 Å². The number of nitrogens with two attached hydrogens (primary N) is 1. The zero-order chi connectivity index (χ0) is 9.10. The number of fused-ring (bicyclic) bond motifs is 1. The van der Waals surface area contributed by atoms with Crippen molar-refractivity contribution in [3.63, 3.8) is 0 Å². The Morgan fingerprint density at radius 3 is 2.38 bits per heavy atom. The van der Waals surface area contributed by atoms with E-state index in [1.54, 1.807) is 0 Å². The summed E-state index contributed by atoms with van der Waals surface area (Å²) in [4.78, 5) is 5.44. The van der Waals surface area contributed by atoms with Crippen molar-refractivity contribution in [1.82, 2.24) is 5.06 Å². The third-order valence-electron chi connectivity index (χ3n) is 2.20. The van der Waals surface area contributed by atoms with E-state index in [0.717, 1.165) is 13.1 Å². The van der Waals surface area contributed by atoms with Gasteiger partial charge in [0.2, 0.25) is 0 Å². The Labute approximate surface area is 78.1 Å². The van der Waals surface area contributed by atoms with Gasteiger partial charge >= 0.3 is 0 Å². The van der Waals surface area contributed by atoms with Crippen molar-refractivity contribution in [2.45, 2.75) is 13.1 Å². The molecule has 0 amide bonds. The highest BCUT2D eigenvalue weighted by molar-refractivity contribution is 5.29. The van der Waals surface area contributed by atoms with Gasteiger partial charge in [-0.15, -0.1) is 0 Å². The minimum Gasteiger partial charge on any atom is -0.328 e. The van der Waals surface area contributed by atoms with Crippen molar-refractivity contribution in [2.24, 2.45) is 5.73 Å². The van der Waals surface area contributed by atoms with Gasteiger partial charge in [0, 0.05) is 19.6 Å². The Bertz CT molecular complexity index is 263. The summed E-state index contributed by atoms with van der Waals surface area (Å²) in [6, 6.07) is 8.40. The molecule has 13 heavy (non-hydrogen) atoms. The molecule has 2 rings (SSSR count). The van der Waals surface area contributed by atoms with Gasteiger partial charge in [0.15, 0.2) is 0 Å². The summed E-state index contributed by atoms with van der Waals surface area (Å²) >= 11 is 0. The molecule has 0 atom stereocenters. The van der Waals surface area contributed by atoms with E-state index in [-0.39, 0.29) is 0 Å². The number of hydroxylamine groups is 2. The Kier molecular flexibility index (Phi) is 2.59. The fourth-order valence-corrected chi connectivity index (χ4v) is 1.57. The summed E-state index contributed by atoms with van der Waals surface area (Å²) < 4.78 is 0. The summed E-state index contributed by atoms with van der Waals surface area (Å²) in [7, 11) is 0. The molecule has 0 aliphatic carbocycles. The molecule has 2 N–H and O–H groups in total. The molecule has 70 valence electrons. The highest BCUT2D eigenvalue weighted by Gasteiger charge is 2.17. The Hall–Kier alpha value is -0.900. The second kappa shape index (κ2) is 3.87. The van der Waals surface area contributed by atoms with E-state index in [4.69, 9.17) is 10.6 Å². The van der Waals surface area contributed by atoms with Crippen molar-refractivity contribution in [1.29, 1.82) is 0 Å². The largest absolute Gasteiger partial charge is 0.328 e. The maximum atomic E-state index is 5.44. The molecule has 1 aliphatic heterocycles. The molecular formula is C10H14N2O.